The highest BCUT2D eigenvalue weighted by molar-refractivity contribution is 5.10. The van der Waals surface area contributed by atoms with E-state index in [2.05, 4.69) is 0 Å². The first-order valence-electron chi connectivity index (χ1n) is 3.32. The van der Waals surface area contributed by atoms with Gasteiger partial charge >= 0.3 is 0 Å². The molecule has 1 N–H and O–H groups in total. The summed E-state index contributed by atoms with van der Waals surface area (Å²) in [5.41, 5.74) is -0.790. The lowest BCUT2D eigenvalue weighted by Crippen LogP contribution is -2.36. The second kappa shape index (κ2) is 2.46. The van der Waals surface area contributed by atoms with E-state index < -0.39 is 5.60 Å². The van der Waals surface area contributed by atoms with Crippen LogP contribution in [0, 0.1) is 0 Å². The molecule has 0 aromatic carbocycles. The summed E-state index contributed by atoms with van der Waals surface area (Å²) < 4.78 is 5.12. The third-order valence-electron chi connectivity index (χ3n) is 1.40. The summed E-state index contributed by atoms with van der Waals surface area (Å²) in [5, 5.41) is 9.43. The van der Waals surface area contributed by atoms with E-state index in [1.54, 1.807) is 26.2 Å². The van der Waals surface area contributed by atoms with Crippen LogP contribution < -0.4 is 0 Å². The third-order valence-corrected chi connectivity index (χ3v) is 1.40. The summed E-state index contributed by atoms with van der Waals surface area (Å²) in [6, 6.07) is 0. The van der Waals surface area contributed by atoms with Crippen LogP contribution in [-0.2, 0) is 4.74 Å². The summed E-state index contributed by atoms with van der Waals surface area (Å²) in [5.74, 6) is 0. The Bertz CT molecular complexity index is 163. The average molecular weight is 140 g/mol. The first kappa shape index (κ1) is 7.35. The fraction of sp³-hybridized carbons (Fsp3) is 0.500. The summed E-state index contributed by atoms with van der Waals surface area (Å²) in [6.45, 7) is 3.45. The predicted molar refractivity (Wildman–Crippen MR) is 39.5 cm³/mol. The summed E-state index contributed by atoms with van der Waals surface area (Å²) in [7, 11) is 0. The van der Waals surface area contributed by atoms with Gasteiger partial charge in [0.05, 0.1) is 11.9 Å². The van der Waals surface area contributed by atoms with E-state index in [-0.39, 0.29) is 6.10 Å². The maximum absolute atomic E-state index is 9.43. The zero-order valence-corrected chi connectivity index (χ0v) is 6.24. The highest BCUT2D eigenvalue weighted by Crippen LogP contribution is 2.16. The number of hydrogen-bond donors (Lipinski definition) is 1. The molecule has 2 heteroatoms. The van der Waals surface area contributed by atoms with Gasteiger partial charge in [0.25, 0.3) is 0 Å². The smallest absolute Gasteiger partial charge is 0.144 e. The molecule has 0 saturated heterocycles. The summed E-state index contributed by atoms with van der Waals surface area (Å²) >= 11 is 0. The Morgan fingerprint density at radius 3 is 2.40 bits per heavy atom. The van der Waals surface area contributed by atoms with E-state index in [0.29, 0.717) is 0 Å². The van der Waals surface area contributed by atoms with Crippen molar-refractivity contribution in [1.82, 2.24) is 0 Å². The quantitative estimate of drug-likeness (QED) is 0.593. The molecule has 56 valence electrons. The van der Waals surface area contributed by atoms with Gasteiger partial charge in [0.1, 0.15) is 6.10 Å². The molecule has 1 atom stereocenters. The predicted octanol–water partition coefficient (Wildman–Crippen LogP) is 1.23. The van der Waals surface area contributed by atoms with Crippen LogP contribution in [0.4, 0.5) is 0 Å². The van der Waals surface area contributed by atoms with E-state index in [9.17, 15) is 5.11 Å². The second-order valence-electron chi connectivity index (χ2n) is 2.92. The number of hydrogen-bond acceptors (Lipinski definition) is 2. The zero-order chi connectivity index (χ0) is 7.61. The zero-order valence-electron chi connectivity index (χ0n) is 6.24. The Labute approximate surface area is 60.8 Å². The van der Waals surface area contributed by atoms with Gasteiger partial charge in [-0.25, -0.2) is 0 Å². The molecule has 1 unspecified atom stereocenters. The number of ether oxygens (including phenoxy) is 1. The molecular weight excluding hydrogens is 128 g/mol. The number of aliphatic hydroxyl groups is 1. The van der Waals surface area contributed by atoms with E-state index in [0.717, 1.165) is 0 Å². The molecule has 1 aliphatic heterocycles. The van der Waals surface area contributed by atoms with Crippen LogP contribution in [-0.4, -0.2) is 16.8 Å². The maximum Gasteiger partial charge on any atom is 0.144 e. The molecule has 0 aromatic rings. The fourth-order valence-electron chi connectivity index (χ4n) is 0.788. The van der Waals surface area contributed by atoms with Gasteiger partial charge in [0, 0.05) is 0 Å². The molecule has 0 spiro atoms. The van der Waals surface area contributed by atoms with Gasteiger partial charge in [-0.15, -0.1) is 0 Å². The van der Waals surface area contributed by atoms with Gasteiger partial charge in [-0.05, 0) is 26.0 Å². The molecule has 1 rings (SSSR count). The Hall–Kier alpha value is -0.760. The summed E-state index contributed by atoms with van der Waals surface area (Å²) in [6.07, 6.45) is 6.87. The standard InChI is InChI=1S/C8H12O2/c1-8(2,9)7-5-3-4-6-10-7/h3-7,9H,1-2H3. The van der Waals surface area contributed by atoms with Crippen LogP contribution in [0.3, 0.4) is 0 Å². The minimum atomic E-state index is -0.790. The first-order valence-corrected chi connectivity index (χ1v) is 3.32. The van der Waals surface area contributed by atoms with Crippen molar-refractivity contribution in [2.45, 2.75) is 25.6 Å². The second-order valence-corrected chi connectivity index (χ2v) is 2.92. The topological polar surface area (TPSA) is 29.5 Å². The average Bonchev–Trinajstić information content (AvgIpc) is 1.88. The summed E-state index contributed by atoms with van der Waals surface area (Å²) in [4.78, 5) is 0. The lowest BCUT2D eigenvalue weighted by Gasteiger charge is -2.26. The van der Waals surface area contributed by atoms with Crippen molar-refractivity contribution in [3.8, 4) is 0 Å². The van der Waals surface area contributed by atoms with Crippen molar-refractivity contribution >= 4 is 0 Å². The number of rotatable bonds is 1. The van der Waals surface area contributed by atoms with E-state index in [1.165, 1.54) is 0 Å². The molecule has 1 aliphatic rings. The minimum absolute atomic E-state index is 0.211. The monoisotopic (exact) mass is 140 g/mol. The fourth-order valence-corrected chi connectivity index (χ4v) is 0.788. The first-order chi connectivity index (χ1) is 4.61. The van der Waals surface area contributed by atoms with Crippen molar-refractivity contribution in [3.63, 3.8) is 0 Å². The van der Waals surface area contributed by atoms with Gasteiger partial charge < -0.3 is 9.84 Å². The SMILES string of the molecule is CC(C)(O)C1C=CC=CO1. The molecule has 1 heterocycles. The molecule has 0 amide bonds. The Morgan fingerprint density at radius 1 is 1.40 bits per heavy atom. The van der Waals surface area contributed by atoms with Crippen molar-refractivity contribution in [1.29, 1.82) is 0 Å². The Morgan fingerprint density at radius 2 is 2.10 bits per heavy atom. The normalized spacial score (nSPS) is 24.5. The van der Waals surface area contributed by atoms with Crippen LogP contribution >= 0.6 is 0 Å². The van der Waals surface area contributed by atoms with Gasteiger partial charge in [0.2, 0.25) is 0 Å². The highest BCUT2D eigenvalue weighted by Gasteiger charge is 2.25. The van der Waals surface area contributed by atoms with Crippen molar-refractivity contribution in [2.24, 2.45) is 0 Å². The van der Waals surface area contributed by atoms with Gasteiger partial charge in [0.15, 0.2) is 0 Å². The largest absolute Gasteiger partial charge is 0.491 e. The molecule has 0 bridgehead atoms. The van der Waals surface area contributed by atoms with Crippen LogP contribution in [0.15, 0.2) is 24.5 Å². The van der Waals surface area contributed by atoms with E-state index in [1.807, 2.05) is 12.2 Å². The maximum atomic E-state index is 9.43. The Kier molecular flexibility index (Phi) is 1.81. The molecule has 0 saturated carbocycles. The van der Waals surface area contributed by atoms with Crippen molar-refractivity contribution < 1.29 is 9.84 Å². The van der Waals surface area contributed by atoms with Gasteiger partial charge in [-0.2, -0.15) is 0 Å². The van der Waals surface area contributed by atoms with Crippen LogP contribution in [0.5, 0.6) is 0 Å². The highest BCUT2D eigenvalue weighted by atomic mass is 16.5. The molecular formula is C8H12O2. The third kappa shape index (κ3) is 1.61. The lowest BCUT2D eigenvalue weighted by molar-refractivity contribution is -0.0308. The lowest BCUT2D eigenvalue weighted by atomic mass is 10.0. The van der Waals surface area contributed by atoms with E-state index in [4.69, 9.17) is 4.74 Å². The van der Waals surface area contributed by atoms with Crippen LogP contribution in [0.2, 0.25) is 0 Å². The van der Waals surface area contributed by atoms with E-state index >= 15 is 0 Å². The molecule has 0 fully saturated rings. The van der Waals surface area contributed by atoms with Crippen LogP contribution in [0.25, 0.3) is 0 Å². The molecule has 0 aromatic heterocycles. The van der Waals surface area contributed by atoms with Crippen LogP contribution in [0.1, 0.15) is 13.8 Å². The van der Waals surface area contributed by atoms with Gasteiger partial charge in [-0.3, -0.25) is 0 Å². The Balaban J connectivity index is 2.60. The molecule has 0 radical (unpaired) electrons. The van der Waals surface area contributed by atoms with Crippen molar-refractivity contribution in [2.75, 3.05) is 0 Å². The number of allylic oxidation sites excluding steroid dienone is 2. The molecule has 2 nitrogen and oxygen atoms in total. The van der Waals surface area contributed by atoms with Crippen molar-refractivity contribution in [3.05, 3.63) is 24.5 Å². The van der Waals surface area contributed by atoms with Gasteiger partial charge in [-0.1, -0.05) is 6.08 Å². The molecule has 10 heavy (non-hydrogen) atoms. The molecule has 0 aliphatic carbocycles. The minimum Gasteiger partial charge on any atom is -0.491 e.